The Bertz CT molecular complexity index is 946. The van der Waals surface area contributed by atoms with Gasteiger partial charge in [-0.15, -0.1) is 0 Å². The molecule has 0 amide bonds. The molecular weight excluding hydrogens is 379 g/mol. The Morgan fingerprint density at radius 3 is 2.41 bits per heavy atom. The van der Waals surface area contributed by atoms with Gasteiger partial charge in [-0.05, 0) is 56.4 Å². The van der Waals surface area contributed by atoms with Crippen molar-refractivity contribution in [2.75, 3.05) is 13.6 Å². The summed E-state index contributed by atoms with van der Waals surface area (Å²) >= 11 is 0. The number of halogens is 3. The van der Waals surface area contributed by atoms with Crippen LogP contribution in [-0.4, -0.2) is 18.5 Å². The molecule has 1 heterocycles. The molecule has 0 aliphatic carbocycles. The molecule has 1 aromatic heterocycles. The van der Waals surface area contributed by atoms with Gasteiger partial charge in [-0.1, -0.05) is 31.2 Å². The molecule has 3 aromatic rings. The molecule has 3 rings (SSSR count). The van der Waals surface area contributed by atoms with Crippen molar-refractivity contribution in [2.45, 2.75) is 33.2 Å². The maximum atomic E-state index is 12.7. The van der Waals surface area contributed by atoms with Gasteiger partial charge < -0.3 is 14.1 Å². The van der Waals surface area contributed by atoms with Gasteiger partial charge in [-0.25, -0.2) is 0 Å². The summed E-state index contributed by atoms with van der Waals surface area (Å²) in [5.41, 5.74) is 1.94. The summed E-state index contributed by atoms with van der Waals surface area (Å²) < 4.78 is 49.8. The minimum absolute atomic E-state index is 0.322. The predicted octanol–water partition coefficient (Wildman–Crippen LogP) is 6.30. The first-order chi connectivity index (χ1) is 13.8. The molecule has 154 valence electrons. The van der Waals surface area contributed by atoms with Crippen LogP contribution >= 0.6 is 0 Å². The van der Waals surface area contributed by atoms with Crippen molar-refractivity contribution in [3.8, 4) is 17.1 Å². The molecule has 29 heavy (non-hydrogen) atoms. The van der Waals surface area contributed by atoms with Gasteiger partial charge in [0, 0.05) is 17.7 Å². The highest BCUT2D eigenvalue weighted by Gasteiger charge is 2.30. The normalized spacial score (nSPS) is 11.8. The van der Waals surface area contributed by atoms with Crippen molar-refractivity contribution in [1.82, 2.24) is 4.90 Å². The van der Waals surface area contributed by atoms with Gasteiger partial charge in [0.1, 0.15) is 23.9 Å². The molecule has 0 atom stereocenters. The number of alkyl halides is 3. The van der Waals surface area contributed by atoms with Gasteiger partial charge in [0.15, 0.2) is 0 Å². The molecule has 2 aromatic carbocycles. The highest BCUT2D eigenvalue weighted by atomic mass is 19.4. The number of hydrogen-bond acceptors (Lipinski definition) is 3. The highest BCUT2D eigenvalue weighted by Crippen LogP contribution is 2.32. The quantitative estimate of drug-likeness (QED) is 0.463. The summed E-state index contributed by atoms with van der Waals surface area (Å²) in [6, 6.07) is 14.7. The summed E-state index contributed by atoms with van der Waals surface area (Å²) in [7, 11) is 2.06. The maximum Gasteiger partial charge on any atom is 0.416 e. The second kappa shape index (κ2) is 8.74. The Labute approximate surface area is 168 Å². The van der Waals surface area contributed by atoms with Crippen LogP contribution in [0.4, 0.5) is 13.2 Å². The molecule has 0 bridgehead atoms. The van der Waals surface area contributed by atoms with Crippen LogP contribution < -0.4 is 4.74 Å². The highest BCUT2D eigenvalue weighted by molar-refractivity contribution is 5.59. The zero-order valence-electron chi connectivity index (χ0n) is 16.7. The Morgan fingerprint density at radius 1 is 1.03 bits per heavy atom. The van der Waals surface area contributed by atoms with E-state index in [4.69, 9.17) is 9.15 Å². The zero-order chi connectivity index (χ0) is 21.0. The van der Waals surface area contributed by atoms with Crippen LogP contribution in [0.3, 0.4) is 0 Å². The van der Waals surface area contributed by atoms with E-state index in [1.165, 1.54) is 17.7 Å². The van der Waals surface area contributed by atoms with Gasteiger partial charge in [0.25, 0.3) is 0 Å². The average molecular weight is 403 g/mol. The van der Waals surface area contributed by atoms with E-state index in [1.807, 2.05) is 31.2 Å². The largest absolute Gasteiger partial charge is 0.489 e. The van der Waals surface area contributed by atoms with E-state index in [9.17, 15) is 13.2 Å². The summed E-state index contributed by atoms with van der Waals surface area (Å²) in [5.74, 6) is 1.97. The summed E-state index contributed by atoms with van der Waals surface area (Å²) in [4.78, 5) is 2.20. The van der Waals surface area contributed by atoms with E-state index in [-0.39, 0.29) is 0 Å². The summed E-state index contributed by atoms with van der Waals surface area (Å²) in [6.07, 6.45) is -4.35. The number of furan rings is 1. The number of benzene rings is 2. The lowest BCUT2D eigenvalue weighted by atomic mass is 10.1. The van der Waals surface area contributed by atoms with E-state index in [2.05, 4.69) is 24.9 Å². The minimum atomic E-state index is -4.35. The van der Waals surface area contributed by atoms with Crippen molar-refractivity contribution < 1.29 is 22.3 Å². The Balaban J connectivity index is 1.69. The number of aryl methyl sites for hydroxylation is 1. The van der Waals surface area contributed by atoms with Crippen molar-refractivity contribution in [3.05, 3.63) is 77.0 Å². The molecule has 0 N–H and O–H groups in total. The smallest absolute Gasteiger partial charge is 0.416 e. The summed E-state index contributed by atoms with van der Waals surface area (Å²) in [5, 5.41) is 0. The molecule has 0 aliphatic heterocycles. The molecule has 0 fully saturated rings. The lowest BCUT2D eigenvalue weighted by Gasteiger charge is -2.14. The third-order valence-corrected chi connectivity index (χ3v) is 4.80. The van der Waals surface area contributed by atoms with Gasteiger partial charge in [-0.3, -0.25) is 0 Å². The number of hydrogen-bond donors (Lipinski definition) is 0. The molecule has 0 unspecified atom stereocenters. The van der Waals surface area contributed by atoms with Crippen molar-refractivity contribution in [2.24, 2.45) is 0 Å². The topological polar surface area (TPSA) is 25.6 Å². The second-order valence-corrected chi connectivity index (χ2v) is 7.03. The lowest BCUT2D eigenvalue weighted by molar-refractivity contribution is -0.137. The zero-order valence-corrected chi connectivity index (χ0v) is 16.7. The third-order valence-electron chi connectivity index (χ3n) is 4.80. The van der Waals surface area contributed by atoms with Crippen LogP contribution in [0.25, 0.3) is 11.3 Å². The van der Waals surface area contributed by atoms with Crippen LogP contribution in [0.2, 0.25) is 0 Å². The Morgan fingerprint density at radius 2 is 1.76 bits per heavy atom. The van der Waals surface area contributed by atoms with Crippen LogP contribution in [0.15, 0.2) is 59.0 Å². The van der Waals surface area contributed by atoms with E-state index >= 15 is 0 Å². The molecule has 6 heteroatoms. The van der Waals surface area contributed by atoms with Crippen molar-refractivity contribution in [3.63, 3.8) is 0 Å². The predicted molar refractivity (Wildman–Crippen MR) is 107 cm³/mol. The van der Waals surface area contributed by atoms with Crippen LogP contribution in [-0.2, 0) is 19.3 Å². The Hall–Kier alpha value is -2.73. The average Bonchev–Trinajstić information content (AvgIpc) is 3.06. The minimum Gasteiger partial charge on any atom is -0.489 e. The van der Waals surface area contributed by atoms with Gasteiger partial charge in [0.2, 0.25) is 0 Å². The van der Waals surface area contributed by atoms with E-state index in [0.29, 0.717) is 23.7 Å². The first-order valence-corrected chi connectivity index (χ1v) is 9.43. The first-order valence-electron chi connectivity index (χ1n) is 9.43. The second-order valence-electron chi connectivity index (χ2n) is 7.03. The molecule has 0 radical (unpaired) electrons. The van der Waals surface area contributed by atoms with E-state index in [0.717, 1.165) is 36.5 Å². The lowest BCUT2D eigenvalue weighted by Crippen LogP contribution is -2.16. The van der Waals surface area contributed by atoms with Crippen LogP contribution in [0.5, 0.6) is 5.75 Å². The van der Waals surface area contributed by atoms with Gasteiger partial charge >= 0.3 is 6.18 Å². The molecule has 3 nitrogen and oxygen atoms in total. The SMILES string of the molecule is CCN(C)Cc1cccc(OCc2cc(-c3ccc(C(F)(F)F)cc3)oc2C)c1. The first kappa shape index (κ1) is 21.0. The maximum absolute atomic E-state index is 12.7. The van der Waals surface area contributed by atoms with Crippen LogP contribution in [0, 0.1) is 6.92 Å². The Kier molecular flexibility index (Phi) is 6.33. The fourth-order valence-corrected chi connectivity index (χ4v) is 2.95. The fourth-order valence-electron chi connectivity index (χ4n) is 2.95. The van der Waals surface area contributed by atoms with Crippen molar-refractivity contribution in [1.29, 1.82) is 0 Å². The van der Waals surface area contributed by atoms with Crippen molar-refractivity contribution >= 4 is 0 Å². The van der Waals surface area contributed by atoms with Gasteiger partial charge in [0.05, 0.1) is 5.56 Å². The fraction of sp³-hybridized carbons (Fsp3) is 0.304. The van der Waals surface area contributed by atoms with E-state index in [1.54, 1.807) is 0 Å². The number of ether oxygens (including phenoxy) is 1. The molecule has 0 spiro atoms. The monoisotopic (exact) mass is 403 g/mol. The molecule has 0 saturated carbocycles. The number of nitrogens with zero attached hydrogens (tertiary/aromatic N) is 1. The van der Waals surface area contributed by atoms with Gasteiger partial charge in [-0.2, -0.15) is 13.2 Å². The number of rotatable bonds is 7. The summed E-state index contributed by atoms with van der Waals surface area (Å²) in [6.45, 7) is 6.06. The standard InChI is InChI=1S/C23H24F3NO2/c1-4-27(3)14-17-6-5-7-21(12-17)28-15-19-13-22(29-16(19)2)18-8-10-20(11-9-18)23(24,25)26/h5-13H,4,14-15H2,1-3H3. The molecular formula is C23H24F3NO2. The third kappa shape index (κ3) is 5.41. The molecule has 0 saturated heterocycles. The molecule has 0 aliphatic rings. The van der Waals surface area contributed by atoms with Crippen LogP contribution in [0.1, 0.15) is 29.4 Å². The van der Waals surface area contributed by atoms with E-state index < -0.39 is 11.7 Å².